The van der Waals surface area contributed by atoms with Crippen molar-refractivity contribution in [2.24, 2.45) is 0 Å². The summed E-state index contributed by atoms with van der Waals surface area (Å²) in [5, 5.41) is 2.56. The van der Waals surface area contributed by atoms with Gasteiger partial charge in [0.15, 0.2) is 6.10 Å². The van der Waals surface area contributed by atoms with Gasteiger partial charge in [0.1, 0.15) is 11.5 Å². The fraction of sp³-hybridized carbons (Fsp3) is 0.222. The Balaban J connectivity index is 1.94. The summed E-state index contributed by atoms with van der Waals surface area (Å²) in [6, 6.07) is 14.1. The topological polar surface area (TPSA) is 67.9 Å². The molecule has 0 unspecified atom stereocenters. The predicted molar refractivity (Wildman–Crippen MR) is 89.6 cm³/mol. The highest BCUT2D eigenvalue weighted by Gasteiger charge is 2.33. The summed E-state index contributed by atoms with van der Waals surface area (Å²) >= 11 is 0. The lowest BCUT2D eigenvalue weighted by atomic mass is 10.1. The van der Waals surface area contributed by atoms with Crippen LogP contribution in [0.3, 0.4) is 0 Å². The Morgan fingerprint density at radius 1 is 1.17 bits per heavy atom. The number of carbonyl (C=O) groups is 2. The van der Waals surface area contributed by atoms with Crippen molar-refractivity contribution in [2.45, 2.75) is 6.10 Å². The smallest absolute Gasteiger partial charge is 0.262 e. The van der Waals surface area contributed by atoms with E-state index in [0.29, 0.717) is 22.7 Å². The van der Waals surface area contributed by atoms with Crippen molar-refractivity contribution in [3.8, 4) is 11.5 Å². The molecule has 3 rings (SSSR count). The van der Waals surface area contributed by atoms with Gasteiger partial charge in [0, 0.05) is 12.6 Å². The van der Waals surface area contributed by atoms with E-state index >= 15 is 0 Å². The first-order valence-electron chi connectivity index (χ1n) is 7.57. The molecule has 0 saturated heterocycles. The van der Waals surface area contributed by atoms with Crippen LogP contribution in [0.1, 0.15) is 10.4 Å². The Bertz CT molecular complexity index is 758. The van der Waals surface area contributed by atoms with Gasteiger partial charge in [-0.25, -0.2) is 0 Å². The normalized spacial score (nSPS) is 15.9. The zero-order valence-corrected chi connectivity index (χ0v) is 13.5. The Hall–Kier alpha value is -3.02. The maximum atomic E-state index is 12.9. The zero-order chi connectivity index (χ0) is 17.1. The van der Waals surface area contributed by atoms with Crippen LogP contribution in [0.2, 0.25) is 0 Å². The van der Waals surface area contributed by atoms with Gasteiger partial charge in [-0.1, -0.05) is 12.1 Å². The minimum atomic E-state index is -0.743. The van der Waals surface area contributed by atoms with Crippen LogP contribution in [0, 0.1) is 0 Å². The van der Waals surface area contributed by atoms with Crippen LogP contribution in [-0.4, -0.2) is 38.6 Å². The number of hydrogen-bond acceptors (Lipinski definition) is 4. The molecule has 0 spiro atoms. The van der Waals surface area contributed by atoms with Crippen molar-refractivity contribution in [3.63, 3.8) is 0 Å². The van der Waals surface area contributed by atoms with Crippen molar-refractivity contribution in [1.82, 2.24) is 5.32 Å². The van der Waals surface area contributed by atoms with Gasteiger partial charge in [0.2, 0.25) is 0 Å². The number of para-hydroxylation sites is 2. The first kappa shape index (κ1) is 15.9. The number of methoxy groups -OCH3 is 1. The number of nitrogens with one attached hydrogen (secondary N) is 1. The number of fused-ring (bicyclic) bond motifs is 1. The molecule has 6 heteroatoms. The summed E-state index contributed by atoms with van der Waals surface area (Å²) in [7, 11) is 3.12. The van der Waals surface area contributed by atoms with E-state index in [0.717, 1.165) is 0 Å². The van der Waals surface area contributed by atoms with Crippen molar-refractivity contribution in [3.05, 3.63) is 54.1 Å². The molecule has 2 amide bonds. The van der Waals surface area contributed by atoms with Gasteiger partial charge in [-0.05, 0) is 36.4 Å². The van der Waals surface area contributed by atoms with Crippen LogP contribution < -0.4 is 19.7 Å². The molecular formula is C18H18N2O4. The standard InChI is InChI=1S/C18H18N2O4/c1-19-17(21)16-11-20(14-5-3-4-6-15(14)24-16)18(22)12-7-9-13(23-2)10-8-12/h3-10,16H,11H2,1-2H3,(H,19,21)/t16-/m0/s1. The quantitative estimate of drug-likeness (QED) is 0.935. The number of benzene rings is 2. The van der Waals surface area contributed by atoms with Gasteiger partial charge in [-0.2, -0.15) is 0 Å². The molecule has 1 heterocycles. The van der Waals surface area contributed by atoms with E-state index in [-0.39, 0.29) is 18.4 Å². The lowest BCUT2D eigenvalue weighted by molar-refractivity contribution is -0.127. The molecule has 0 radical (unpaired) electrons. The zero-order valence-electron chi connectivity index (χ0n) is 13.5. The van der Waals surface area contributed by atoms with E-state index in [1.165, 1.54) is 0 Å². The van der Waals surface area contributed by atoms with Crippen LogP contribution in [0.5, 0.6) is 11.5 Å². The van der Waals surface area contributed by atoms with E-state index in [2.05, 4.69) is 5.32 Å². The molecule has 1 aliphatic heterocycles. The summed E-state index contributed by atoms with van der Waals surface area (Å²) in [5.41, 5.74) is 1.17. The van der Waals surface area contributed by atoms with Gasteiger partial charge in [-0.3, -0.25) is 9.59 Å². The highest BCUT2D eigenvalue weighted by molar-refractivity contribution is 6.07. The lowest BCUT2D eigenvalue weighted by Crippen LogP contribution is -2.50. The van der Waals surface area contributed by atoms with Crippen LogP contribution in [0.25, 0.3) is 0 Å². The maximum Gasteiger partial charge on any atom is 0.262 e. The SMILES string of the molecule is CNC(=O)[C@@H]1CN(C(=O)c2ccc(OC)cc2)c2ccccc2O1. The van der Waals surface area contributed by atoms with E-state index in [1.807, 2.05) is 6.07 Å². The molecule has 0 aliphatic carbocycles. The minimum absolute atomic E-state index is 0.154. The van der Waals surface area contributed by atoms with Crippen LogP contribution >= 0.6 is 0 Å². The maximum absolute atomic E-state index is 12.9. The van der Waals surface area contributed by atoms with E-state index < -0.39 is 6.10 Å². The molecule has 1 atom stereocenters. The van der Waals surface area contributed by atoms with E-state index in [1.54, 1.807) is 61.5 Å². The Morgan fingerprint density at radius 3 is 2.54 bits per heavy atom. The number of anilines is 1. The van der Waals surface area contributed by atoms with Crippen molar-refractivity contribution in [1.29, 1.82) is 0 Å². The molecule has 124 valence electrons. The number of carbonyl (C=O) groups excluding carboxylic acids is 2. The summed E-state index contributed by atoms with van der Waals surface area (Å²) in [4.78, 5) is 26.5. The van der Waals surface area contributed by atoms with Gasteiger partial charge in [0.05, 0.1) is 19.3 Å². The summed E-state index contributed by atoms with van der Waals surface area (Å²) < 4.78 is 10.8. The Kier molecular flexibility index (Phi) is 4.37. The minimum Gasteiger partial charge on any atom is -0.497 e. The van der Waals surface area contributed by atoms with Crippen molar-refractivity contribution >= 4 is 17.5 Å². The molecule has 24 heavy (non-hydrogen) atoms. The predicted octanol–water partition coefficient (Wildman–Crippen LogP) is 1.85. The van der Waals surface area contributed by atoms with Crippen molar-refractivity contribution < 1.29 is 19.1 Å². The van der Waals surface area contributed by atoms with Crippen LogP contribution in [0.15, 0.2) is 48.5 Å². The molecule has 6 nitrogen and oxygen atoms in total. The second-order valence-electron chi connectivity index (χ2n) is 5.33. The molecule has 0 bridgehead atoms. The number of hydrogen-bond donors (Lipinski definition) is 1. The summed E-state index contributed by atoms with van der Waals surface area (Å²) in [6.45, 7) is 0.154. The van der Waals surface area contributed by atoms with Gasteiger partial charge in [-0.15, -0.1) is 0 Å². The fourth-order valence-electron chi connectivity index (χ4n) is 2.61. The summed E-state index contributed by atoms with van der Waals surface area (Å²) in [5.74, 6) is 0.732. The highest BCUT2D eigenvalue weighted by atomic mass is 16.5. The number of rotatable bonds is 3. The highest BCUT2D eigenvalue weighted by Crippen LogP contribution is 2.34. The number of nitrogens with zero attached hydrogens (tertiary/aromatic N) is 1. The third kappa shape index (κ3) is 2.90. The van der Waals surface area contributed by atoms with Gasteiger partial charge >= 0.3 is 0 Å². The second kappa shape index (κ2) is 6.62. The van der Waals surface area contributed by atoms with Crippen LogP contribution in [-0.2, 0) is 4.79 Å². The molecule has 2 aromatic rings. The first-order valence-corrected chi connectivity index (χ1v) is 7.57. The monoisotopic (exact) mass is 326 g/mol. The fourth-order valence-corrected chi connectivity index (χ4v) is 2.61. The average Bonchev–Trinajstić information content (AvgIpc) is 2.66. The second-order valence-corrected chi connectivity index (χ2v) is 5.33. The van der Waals surface area contributed by atoms with Gasteiger partial charge < -0.3 is 19.7 Å². The average molecular weight is 326 g/mol. The molecule has 0 saturated carbocycles. The first-order chi connectivity index (χ1) is 11.6. The Morgan fingerprint density at radius 2 is 1.88 bits per heavy atom. The molecular weight excluding hydrogens is 308 g/mol. The lowest BCUT2D eigenvalue weighted by Gasteiger charge is -2.34. The molecule has 1 N–H and O–H groups in total. The van der Waals surface area contributed by atoms with E-state index in [9.17, 15) is 9.59 Å². The Labute approximate surface area is 140 Å². The molecule has 0 aromatic heterocycles. The molecule has 2 aromatic carbocycles. The number of likely N-dealkylation sites (N-methyl/N-ethyl adjacent to an activating group) is 1. The van der Waals surface area contributed by atoms with Gasteiger partial charge in [0.25, 0.3) is 11.8 Å². The third-order valence-corrected chi connectivity index (χ3v) is 3.89. The largest absolute Gasteiger partial charge is 0.497 e. The molecule has 0 fully saturated rings. The third-order valence-electron chi connectivity index (χ3n) is 3.89. The summed E-state index contributed by atoms with van der Waals surface area (Å²) in [6.07, 6.45) is -0.743. The molecule has 1 aliphatic rings. The van der Waals surface area contributed by atoms with E-state index in [4.69, 9.17) is 9.47 Å². The number of ether oxygens (including phenoxy) is 2. The van der Waals surface area contributed by atoms with Crippen molar-refractivity contribution in [2.75, 3.05) is 25.6 Å². The van der Waals surface area contributed by atoms with Crippen LogP contribution in [0.4, 0.5) is 5.69 Å². The number of amides is 2.